The molecule has 2 rings (SSSR count). The van der Waals surface area contributed by atoms with Crippen LogP contribution in [-0.2, 0) is 4.74 Å². The topological polar surface area (TPSA) is 73.1 Å². The van der Waals surface area contributed by atoms with Gasteiger partial charge >= 0.3 is 0 Å². The zero-order valence-electron chi connectivity index (χ0n) is 10.7. The summed E-state index contributed by atoms with van der Waals surface area (Å²) >= 11 is 1.70. The van der Waals surface area contributed by atoms with Crippen LogP contribution in [0, 0.1) is 13.8 Å². The summed E-state index contributed by atoms with van der Waals surface area (Å²) in [6, 6.07) is 0. The first kappa shape index (κ1) is 13.2. The second-order valence-electron chi connectivity index (χ2n) is 4.01. The molecule has 98 valence electrons. The largest absolute Gasteiger partial charge is 0.378 e. The molecule has 0 radical (unpaired) electrons. The molecule has 0 bridgehead atoms. The first-order chi connectivity index (χ1) is 8.74. The standard InChI is InChI=1S/C12H18N4OS/c1-8-9(2)18-12-10(8)11(15-7-16-12)14-4-6-17-5-3-13/h7H,3-6,13H2,1-2H3,(H,14,15,16). The Morgan fingerprint density at radius 3 is 2.94 bits per heavy atom. The summed E-state index contributed by atoms with van der Waals surface area (Å²) in [7, 11) is 0. The number of nitrogens with one attached hydrogen (secondary N) is 1. The van der Waals surface area contributed by atoms with E-state index in [0.717, 1.165) is 22.6 Å². The van der Waals surface area contributed by atoms with Crippen LogP contribution >= 0.6 is 11.3 Å². The molecule has 0 aliphatic rings. The molecule has 18 heavy (non-hydrogen) atoms. The molecule has 0 amide bonds. The average Bonchev–Trinajstić information content (AvgIpc) is 2.66. The first-order valence-corrected chi connectivity index (χ1v) is 6.78. The average molecular weight is 266 g/mol. The van der Waals surface area contributed by atoms with Crippen molar-refractivity contribution in [1.82, 2.24) is 9.97 Å². The zero-order valence-corrected chi connectivity index (χ0v) is 11.5. The minimum absolute atomic E-state index is 0.556. The number of anilines is 1. The highest BCUT2D eigenvalue weighted by atomic mass is 32.1. The van der Waals surface area contributed by atoms with Crippen LogP contribution in [0.25, 0.3) is 10.2 Å². The molecule has 5 nitrogen and oxygen atoms in total. The summed E-state index contributed by atoms with van der Waals surface area (Å²) in [4.78, 5) is 10.9. The van der Waals surface area contributed by atoms with Crippen LogP contribution in [0.4, 0.5) is 5.82 Å². The van der Waals surface area contributed by atoms with Gasteiger partial charge in [0.25, 0.3) is 0 Å². The van der Waals surface area contributed by atoms with Crippen LogP contribution in [0.5, 0.6) is 0 Å². The molecule has 0 atom stereocenters. The van der Waals surface area contributed by atoms with Crippen LogP contribution in [0.15, 0.2) is 6.33 Å². The quantitative estimate of drug-likeness (QED) is 0.778. The zero-order chi connectivity index (χ0) is 13.0. The molecule has 0 aromatic carbocycles. The van der Waals surface area contributed by atoms with Crippen LogP contribution < -0.4 is 11.1 Å². The van der Waals surface area contributed by atoms with Crippen molar-refractivity contribution in [2.45, 2.75) is 13.8 Å². The Balaban J connectivity index is 2.08. The Kier molecular flexibility index (Phi) is 4.46. The summed E-state index contributed by atoms with van der Waals surface area (Å²) in [5, 5.41) is 4.41. The van der Waals surface area contributed by atoms with Gasteiger partial charge in [0.05, 0.1) is 18.6 Å². The molecule has 2 aromatic heterocycles. The Morgan fingerprint density at radius 1 is 1.33 bits per heavy atom. The monoisotopic (exact) mass is 266 g/mol. The second-order valence-corrected chi connectivity index (χ2v) is 5.22. The Morgan fingerprint density at radius 2 is 2.17 bits per heavy atom. The molecule has 0 aliphatic carbocycles. The first-order valence-electron chi connectivity index (χ1n) is 5.96. The second kappa shape index (κ2) is 6.08. The SMILES string of the molecule is Cc1sc2ncnc(NCCOCCN)c2c1C. The molecular formula is C12H18N4OS. The fourth-order valence-corrected chi connectivity index (χ4v) is 2.74. The van der Waals surface area contributed by atoms with Gasteiger partial charge < -0.3 is 15.8 Å². The molecular weight excluding hydrogens is 248 g/mol. The number of rotatable bonds is 6. The van der Waals surface area contributed by atoms with E-state index in [1.807, 2.05) is 0 Å². The number of thiophene rings is 1. The highest BCUT2D eigenvalue weighted by molar-refractivity contribution is 7.18. The van der Waals surface area contributed by atoms with E-state index in [0.29, 0.717) is 19.8 Å². The van der Waals surface area contributed by atoms with Crippen molar-refractivity contribution in [3.05, 3.63) is 16.8 Å². The minimum atomic E-state index is 0.556. The maximum atomic E-state index is 5.35. The Labute approximate surface area is 110 Å². The van der Waals surface area contributed by atoms with Gasteiger partial charge in [-0.1, -0.05) is 0 Å². The summed E-state index contributed by atoms with van der Waals surface area (Å²) in [6.45, 7) is 6.72. The third kappa shape index (κ3) is 2.77. The smallest absolute Gasteiger partial charge is 0.138 e. The molecule has 3 N–H and O–H groups in total. The predicted molar refractivity (Wildman–Crippen MR) is 75.3 cm³/mol. The number of hydrogen-bond acceptors (Lipinski definition) is 6. The van der Waals surface area contributed by atoms with E-state index in [9.17, 15) is 0 Å². The third-order valence-corrected chi connectivity index (χ3v) is 3.88. The summed E-state index contributed by atoms with van der Waals surface area (Å²) < 4.78 is 5.32. The van der Waals surface area contributed by atoms with Crippen LogP contribution in [0.3, 0.4) is 0 Å². The van der Waals surface area contributed by atoms with Crippen LogP contribution in [0.1, 0.15) is 10.4 Å². The highest BCUT2D eigenvalue weighted by Crippen LogP contribution is 2.32. The molecule has 2 aromatic rings. The summed E-state index contributed by atoms with van der Waals surface area (Å²) in [5.74, 6) is 0.887. The van der Waals surface area contributed by atoms with Crippen molar-refractivity contribution in [2.24, 2.45) is 5.73 Å². The molecule has 2 heterocycles. The third-order valence-electron chi connectivity index (χ3n) is 2.77. The molecule has 6 heteroatoms. The van der Waals surface area contributed by atoms with Crippen molar-refractivity contribution in [3.63, 3.8) is 0 Å². The predicted octanol–water partition coefficient (Wildman–Crippen LogP) is 1.70. The highest BCUT2D eigenvalue weighted by Gasteiger charge is 2.11. The normalized spacial score (nSPS) is 11.1. The maximum absolute atomic E-state index is 5.35. The van der Waals surface area contributed by atoms with Crippen molar-refractivity contribution >= 4 is 27.4 Å². The van der Waals surface area contributed by atoms with Gasteiger partial charge in [0.15, 0.2) is 0 Å². The number of hydrogen-bond donors (Lipinski definition) is 2. The van der Waals surface area contributed by atoms with E-state index >= 15 is 0 Å². The number of ether oxygens (including phenoxy) is 1. The van der Waals surface area contributed by atoms with Crippen molar-refractivity contribution in [3.8, 4) is 0 Å². The van der Waals surface area contributed by atoms with E-state index in [1.165, 1.54) is 10.4 Å². The lowest BCUT2D eigenvalue weighted by molar-refractivity contribution is 0.151. The summed E-state index contributed by atoms with van der Waals surface area (Å²) in [5.41, 5.74) is 6.61. The molecule has 0 aliphatic heterocycles. The lowest BCUT2D eigenvalue weighted by Crippen LogP contribution is -2.15. The summed E-state index contributed by atoms with van der Waals surface area (Å²) in [6.07, 6.45) is 1.60. The molecule has 0 unspecified atom stereocenters. The van der Waals surface area contributed by atoms with Gasteiger partial charge in [-0.25, -0.2) is 9.97 Å². The van der Waals surface area contributed by atoms with Crippen LogP contribution in [-0.4, -0.2) is 36.3 Å². The number of nitrogens with zero attached hydrogens (tertiary/aromatic N) is 2. The van der Waals surface area contributed by atoms with Crippen molar-refractivity contribution in [2.75, 3.05) is 31.6 Å². The number of nitrogens with two attached hydrogens (primary N) is 1. The van der Waals surface area contributed by atoms with Crippen LogP contribution in [0.2, 0.25) is 0 Å². The van der Waals surface area contributed by atoms with Gasteiger partial charge in [-0.15, -0.1) is 11.3 Å². The van der Waals surface area contributed by atoms with Crippen molar-refractivity contribution < 1.29 is 4.74 Å². The van der Waals surface area contributed by atoms with Crippen molar-refractivity contribution in [1.29, 1.82) is 0 Å². The molecule has 0 fully saturated rings. The fourth-order valence-electron chi connectivity index (χ4n) is 1.74. The molecule has 0 saturated heterocycles. The molecule has 0 spiro atoms. The number of aromatic nitrogens is 2. The van der Waals surface area contributed by atoms with Gasteiger partial charge in [-0.3, -0.25) is 0 Å². The van der Waals surface area contributed by atoms with Gasteiger partial charge in [0.2, 0.25) is 0 Å². The van der Waals surface area contributed by atoms with Gasteiger partial charge in [0.1, 0.15) is 17.0 Å². The lowest BCUT2D eigenvalue weighted by atomic mass is 10.2. The fraction of sp³-hybridized carbons (Fsp3) is 0.500. The Hall–Kier alpha value is -1.24. The number of fused-ring (bicyclic) bond motifs is 1. The van der Waals surface area contributed by atoms with Gasteiger partial charge in [-0.2, -0.15) is 0 Å². The van der Waals surface area contributed by atoms with Gasteiger partial charge in [-0.05, 0) is 19.4 Å². The molecule has 0 saturated carbocycles. The number of aryl methyl sites for hydroxylation is 2. The van der Waals surface area contributed by atoms with E-state index < -0.39 is 0 Å². The van der Waals surface area contributed by atoms with E-state index in [-0.39, 0.29) is 0 Å². The van der Waals surface area contributed by atoms with Gasteiger partial charge in [0, 0.05) is 18.0 Å². The Bertz CT molecular complexity index is 526. The van der Waals surface area contributed by atoms with E-state index in [2.05, 4.69) is 29.1 Å². The van der Waals surface area contributed by atoms with E-state index in [4.69, 9.17) is 10.5 Å². The lowest BCUT2D eigenvalue weighted by Gasteiger charge is -2.07. The minimum Gasteiger partial charge on any atom is -0.378 e. The van der Waals surface area contributed by atoms with E-state index in [1.54, 1.807) is 17.7 Å². The maximum Gasteiger partial charge on any atom is 0.138 e.